The van der Waals surface area contributed by atoms with Crippen molar-refractivity contribution in [1.82, 2.24) is 15.1 Å². The van der Waals surface area contributed by atoms with E-state index < -0.39 is 5.60 Å². The monoisotopic (exact) mass is 313 g/mol. The van der Waals surface area contributed by atoms with E-state index in [-0.39, 0.29) is 24.2 Å². The molecule has 6 nitrogen and oxygen atoms in total. The third-order valence-corrected chi connectivity index (χ3v) is 3.97. The van der Waals surface area contributed by atoms with Crippen LogP contribution in [0.15, 0.2) is 48.7 Å². The second-order valence-corrected chi connectivity index (χ2v) is 5.90. The molecule has 1 aromatic carbocycles. The maximum atomic E-state index is 12.4. The fourth-order valence-corrected chi connectivity index (χ4v) is 2.75. The molecule has 3 rings (SSSR count). The van der Waals surface area contributed by atoms with E-state index in [9.17, 15) is 9.90 Å². The minimum Gasteiger partial charge on any atom is -0.487 e. The first kappa shape index (κ1) is 15.4. The van der Waals surface area contributed by atoms with E-state index in [0.29, 0.717) is 18.7 Å². The minimum atomic E-state index is -1.13. The van der Waals surface area contributed by atoms with Crippen LogP contribution in [0.5, 0.6) is 5.75 Å². The molecule has 2 atom stereocenters. The second kappa shape index (κ2) is 6.34. The first-order valence-electron chi connectivity index (χ1n) is 7.57. The Balaban J connectivity index is 1.69. The van der Waals surface area contributed by atoms with Crippen molar-refractivity contribution in [2.75, 3.05) is 13.1 Å². The van der Waals surface area contributed by atoms with Crippen LogP contribution in [0.4, 0.5) is 0 Å². The molecule has 2 heterocycles. The number of para-hydroxylation sites is 1. The fourth-order valence-electron chi connectivity index (χ4n) is 2.75. The molecule has 2 aromatic rings. The van der Waals surface area contributed by atoms with Crippen LogP contribution in [0.25, 0.3) is 0 Å². The van der Waals surface area contributed by atoms with Gasteiger partial charge >= 0.3 is 0 Å². The average molecular weight is 313 g/mol. The summed E-state index contributed by atoms with van der Waals surface area (Å²) >= 11 is 0. The SMILES string of the molecule is C[C@]1(O)CN(C(=O)c2cccnn2)CC[C@@H]1Oc1ccccc1. The zero-order valence-electron chi connectivity index (χ0n) is 12.9. The van der Waals surface area contributed by atoms with Gasteiger partial charge in [0.25, 0.3) is 5.91 Å². The zero-order chi connectivity index (χ0) is 16.3. The van der Waals surface area contributed by atoms with E-state index in [1.807, 2.05) is 30.3 Å². The summed E-state index contributed by atoms with van der Waals surface area (Å²) in [5, 5.41) is 18.3. The number of amides is 1. The molecule has 1 fully saturated rings. The number of likely N-dealkylation sites (tertiary alicyclic amines) is 1. The van der Waals surface area contributed by atoms with Gasteiger partial charge in [-0.05, 0) is 31.2 Å². The van der Waals surface area contributed by atoms with Crippen molar-refractivity contribution in [3.63, 3.8) is 0 Å². The Hall–Kier alpha value is -2.47. The van der Waals surface area contributed by atoms with Crippen LogP contribution in [-0.4, -0.2) is 50.9 Å². The van der Waals surface area contributed by atoms with Gasteiger partial charge in [-0.15, -0.1) is 5.10 Å². The van der Waals surface area contributed by atoms with E-state index in [0.717, 1.165) is 0 Å². The second-order valence-electron chi connectivity index (χ2n) is 5.90. The third kappa shape index (κ3) is 3.48. The standard InChI is InChI=1S/C17H19N3O3/c1-17(22)12-20(16(21)14-8-5-10-18-19-14)11-9-15(17)23-13-6-3-2-4-7-13/h2-8,10,15,22H,9,11-12H2,1H3/t15-,17-/m0/s1. The van der Waals surface area contributed by atoms with E-state index in [1.54, 1.807) is 24.0 Å². The summed E-state index contributed by atoms with van der Waals surface area (Å²) in [6.45, 7) is 2.39. The first-order valence-corrected chi connectivity index (χ1v) is 7.57. The Bertz CT molecular complexity index is 661. The van der Waals surface area contributed by atoms with E-state index in [4.69, 9.17) is 4.74 Å². The molecule has 6 heteroatoms. The van der Waals surface area contributed by atoms with E-state index in [2.05, 4.69) is 10.2 Å². The largest absolute Gasteiger partial charge is 0.487 e. The van der Waals surface area contributed by atoms with E-state index >= 15 is 0 Å². The van der Waals surface area contributed by atoms with Crippen LogP contribution in [0.1, 0.15) is 23.8 Å². The number of ether oxygens (including phenoxy) is 1. The van der Waals surface area contributed by atoms with Gasteiger partial charge in [-0.2, -0.15) is 5.10 Å². The number of β-amino-alcohol motifs (C(OH)–C–C–N with tert-alkyl or cyclic N) is 1. The lowest BCUT2D eigenvalue weighted by Crippen LogP contribution is -2.58. The average Bonchev–Trinajstić information content (AvgIpc) is 2.57. The Labute approximate surface area is 134 Å². The van der Waals surface area contributed by atoms with Gasteiger partial charge in [-0.25, -0.2) is 0 Å². The summed E-state index contributed by atoms with van der Waals surface area (Å²) < 4.78 is 5.89. The molecule has 120 valence electrons. The van der Waals surface area contributed by atoms with Crippen molar-refractivity contribution in [3.05, 3.63) is 54.4 Å². The summed E-state index contributed by atoms with van der Waals surface area (Å²) in [6, 6.07) is 12.7. The van der Waals surface area contributed by atoms with Crippen LogP contribution in [-0.2, 0) is 0 Å². The third-order valence-electron chi connectivity index (χ3n) is 3.97. The summed E-state index contributed by atoms with van der Waals surface area (Å²) in [4.78, 5) is 14.0. The maximum absolute atomic E-state index is 12.4. The van der Waals surface area contributed by atoms with Crippen LogP contribution < -0.4 is 4.74 Å². The number of aromatic nitrogens is 2. The summed E-state index contributed by atoms with van der Waals surface area (Å²) in [7, 11) is 0. The number of piperidine rings is 1. The van der Waals surface area contributed by atoms with Crippen LogP contribution in [0.2, 0.25) is 0 Å². The van der Waals surface area contributed by atoms with Gasteiger partial charge in [0.2, 0.25) is 0 Å². The van der Waals surface area contributed by atoms with Gasteiger partial charge in [0.15, 0.2) is 5.69 Å². The normalized spacial score (nSPS) is 24.3. The number of benzene rings is 1. The molecule has 0 unspecified atom stereocenters. The smallest absolute Gasteiger partial charge is 0.274 e. The number of aliphatic hydroxyl groups is 1. The topological polar surface area (TPSA) is 75.5 Å². The highest BCUT2D eigenvalue weighted by molar-refractivity contribution is 5.92. The van der Waals surface area contributed by atoms with Crippen molar-refractivity contribution in [1.29, 1.82) is 0 Å². The molecule has 1 amide bonds. The lowest BCUT2D eigenvalue weighted by molar-refractivity contribution is -0.0900. The Morgan fingerprint density at radius 1 is 1.30 bits per heavy atom. The minimum absolute atomic E-state index is 0.194. The van der Waals surface area contributed by atoms with Crippen molar-refractivity contribution >= 4 is 5.91 Å². The highest BCUT2D eigenvalue weighted by Crippen LogP contribution is 2.26. The quantitative estimate of drug-likeness (QED) is 0.930. The van der Waals surface area contributed by atoms with Gasteiger partial charge in [0.05, 0.1) is 6.54 Å². The molecule has 0 aliphatic carbocycles. The lowest BCUT2D eigenvalue weighted by Gasteiger charge is -2.42. The summed E-state index contributed by atoms with van der Waals surface area (Å²) in [6.07, 6.45) is 1.71. The molecule has 1 aromatic heterocycles. The molecular weight excluding hydrogens is 294 g/mol. The lowest BCUT2D eigenvalue weighted by atomic mass is 9.91. The molecule has 1 aliphatic rings. The zero-order valence-corrected chi connectivity index (χ0v) is 12.9. The van der Waals surface area contributed by atoms with E-state index in [1.165, 1.54) is 6.20 Å². The number of carbonyl (C=O) groups excluding carboxylic acids is 1. The molecule has 1 saturated heterocycles. The number of carbonyl (C=O) groups is 1. The van der Waals surface area contributed by atoms with Gasteiger partial charge in [-0.1, -0.05) is 18.2 Å². The van der Waals surface area contributed by atoms with Crippen molar-refractivity contribution < 1.29 is 14.6 Å². The number of hydrogen-bond donors (Lipinski definition) is 1. The van der Waals surface area contributed by atoms with Crippen LogP contribution in [0.3, 0.4) is 0 Å². The van der Waals surface area contributed by atoms with Gasteiger partial charge in [0, 0.05) is 19.2 Å². The summed E-state index contributed by atoms with van der Waals surface area (Å²) in [5.74, 6) is 0.489. The number of hydrogen-bond acceptors (Lipinski definition) is 5. The molecular formula is C17H19N3O3. The predicted molar refractivity (Wildman–Crippen MR) is 84.0 cm³/mol. The van der Waals surface area contributed by atoms with Crippen molar-refractivity contribution in [2.45, 2.75) is 25.0 Å². The maximum Gasteiger partial charge on any atom is 0.274 e. The fraction of sp³-hybridized carbons (Fsp3) is 0.353. The predicted octanol–water partition coefficient (Wildman–Crippen LogP) is 1.52. The molecule has 0 spiro atoms. The Kier molecular flexibility index (Phi) is 4.25. The number of nitrogens with zero attached hydrogens (tertiary/aromatic N) is 3. The highest BCUT2D eigenvalue weighted by atomic mass is 16.5. The molecule has 23 heavy (non-hydrogen) atoms. The molecule has 0 saturated carbocycles. The summed E-state index contributed by atoms with van der Waals surface area (Å²) in [5.41, 5.74) is -0.850. The number of rotatable bonds is 3. The Morgan fingerprint density at radius 2 is 2.09 bits per heavy atom. The van der Waals surface area contributed by atoms with Gasteiger partial charge in [0.1, 0.15) is 17.5 Å². The van der Waals surface area contributed by atoms with Crippen LogP contribution >= 0.6 is 0 Å². The molecule has 0 bridgehead atoms. The van der Waals surface area contributed by atoms with Crippen LogP contribution in [0, 0.1) is 0 Å². The molecule has 1 aliphatic heterocycles. The molecule has 1 N–H and O–H groups in total. The Morgan fingerprint density at radius 3 is 2.74 bits per heavy atom. The van der Waals surface area contributed by atoms with Gasteiger partial charge < -0.3 is 14.7 Å². The van der Waals surface area contributed by atoms with Gasteiger partial charge in [-0.3, -0.25) is 4.79 Å². The highest BCUT2D eigenvalue weighted by Gasteiger charge is 2.41. The molecule has 0 radical (unpaired) electrons. The van der Waals surface area contributed by atoms with Crippen molar-refractivity contribution in [2.24, 2.45) is 0 Å². The first-order chi connectivity index (χ1) is 11.1. The van der Waals surface area contributed by atoms with Crippen molar-refractivity contribution in [3.8, 4) is 5.75 Å².